The van der Waals surface area contributed by atoms with Crippen LogP contribution in [0.2, 0.25) is 0 Å². The summed E-state index contributed by atoms with van der Waals surface area (Å²) in [6.45, 7) is 7.86. The molecule has 0 aliphatic carbocycles. The Balaban J connectivity index is 1.78. The highest BCUT2D eigenvalue weighted by Gasteiger charge is 2.16. The Kier molecular flexibility index (Phi) is 6.79. The van der Waals surface area contributed by atoms with Crippen LogP contribution in [0.1, 0.15) is 0 Å². The molecule has 0 bridgehead atoms. The van der Waals surface area contributed by atoms with Gasteiger partial charge in [-0.25, -0.2) is 0 Å². The van der Waals surface area contributed by atoms with Gasteiger partial charge in [-0.3, -0.25) is 4.90 Å². The van der Waals surface area contributed by atoms with E-state index in [1.807, 2.05) is 19.2 Å². The fourth-order valence-electron chi connectivity index (χ4n) is 2.50. The van der Waals surface area contributed by atoms with Crippen molar-refractivity contribution in [1.82, 2.24) is 10.2 Å². The average molecular weight is 293 g/mol. The third-order valence-electron chi connectivity index (χ3n) is 3.81. The van der Waals surface area contributed by atoms with Crippen LogP contribution in [0, 0.1) is 0 Å². The lowest BCUT2D eigenvalue weighted by Crippen LogP contribution is -2.48. The first-order valence-electron chi connectivity index (χ1n) is 7.67. The monoisotopic (exact) mass is 293 g/mol. The second-order valence-corrected chi connectivity index (χ2v) is 5.27. The number of ether oxygens (including phenoxy) is 2. The summed E-state index contributed by atoms with van der Waals surface area (Å²) < 4.78 is 10.6. The molecule has 0 radical (unpaired) electrons. The van der Waals surface area contributed by atoms with E-state index in [1.54, 1.807) is 7.11 Å². The van der Waals surface area contributed by atoms with Crippen LogP contribution >= 0.6 is 0 Å². The molecule has 0 amide bonds. The number of rotatable bonds is 8. The summed E-state index contributed by atoms with van der Waals surface area (Å²) in [4.78, 5) is 4.95. The van der Waals surface area contributed by atoms with Gasteiger partial charge in [0.1, 0.15) is 12.4 Å². The lowest BCUT2D eigenvalue weighted by molar-refractivity contribution is 0.146. The number of piperazine rings is 1. The third kappa shape index (κ3) is 5.19. The quantitative estimate of drug-likeness (QED) is 0.725. The van der Waals surface area contributed by atoms with Crippen molar-refractivity contribution in [3.05, 3.63) is 24.3 Å². The van der Waals surface area contributed by atoms with Crippen LogP contribution in [-0.4, -0.2) is 71.5 Å². The van der Waals surface area contributed by atoms with Crippen molar-refractivity contribution in [2.24, 2.45) is 0 Å². The molecular formula is C16H27N3O2. The van der Waals surface area contributed by atoms with E-state index in [9.17, 15) is 0 Å². The molecule has 1 saturated heterocycles. The number of nitrogens with zero attached hydrogens (tertiary/aromatic N) is 2. The number of anilines is 1. The second kappa shape index (κ2) is 8.87. The first kappa shape index (κ1) is 16.1. The minimum Gasteiger partial charge on any atom is -0.491 e. The molecule has 1 aromatic carbocycles. The standard InChI is InChI=1S/C16H27N3O2/c1-17-7-8-18-9-11-19(12-10-18)15-3-5-16(6-4-15)21-14-13-20-2/h3-6,17H,7-14H2,1-2H3. The topological polar surface area (TPSA) is 37.0 Å². The number of nitrogens with one attached hydrogen (secondary N) is 1. The van der Waals surface area contributed by atoms with E-state index in [2.05, 4.69) is 27.2 Å². The molecule has 0 atom stereocenters. The average Bonchev–Trinajstić information content (AvgIpc) is 2.54. The van der Waals surface area contributed by atoms with E-state index >= 15 is 0 Å². The largest absolute Gasteiger partial charge is 0.491 e. The minimum atomic E-state index is 0.597. The van der Waals surface area contributed by atoms with Gasteiger partial charge in [0.15, 0.2) is 0 Å². The van der Waals surface area contributed by atoms with Crippen molar-refractivity contribution in [2.45, 2.75) is 0 Å². The molecule has 0 saturated carbocycles. The normalized spacial score (nSPS) is 16.2. The van der Waals surface area contributed by atoms with E-state index in [0.29, 0.717) is 13.2 Å². The number of benzene rings is 1. The highest BCUT2D eigenvalue weighted by atomic mass is 16.5. The second-order valence-electron chi connectivity index (χ2n) is 5.27. The number of hydrogen-bond acceptors (Lipinski definition) is 5. The number of hydrogen-bond donors (Lipinski definition) is 1. The Labute approximate surface area is 127 Å². The zero-order chi connectivity index (χ0) is 14.9. The molecule has 21 heavy (non-hydrogen) atoms. The predicted molar refractivity (Wildman–Crippen MR) is 86.4 cm³/mol. The molecule has 1 aromatic rings. The zero-order valence-corrected chi connectivity index (χ0v) is 13.2. The maximum atomic E-state index is 5.59. The van der Waals surface area contributed by atoms with E-state index in [-0.39, 0.29) is 0 Å². The van der Waals surface area contributed by atoms with E-state index in [4.69, 9.17) is 9.47 Å². The van der Waals surface area contributed by atoms with Gasteiger partial charge in [0.25, 0.3) is 0 Å². The van der Waals surface area contributed by atoms with Crippen LogP contribution in [-0.2, 0) is 4.74 Å². The number of likely N-dealkylation sites (N-methyl/N-ethyl adjacent to an activating group) is 1. The molecule has 1 heterocycles. The summed E-state index contributed by atoms with van der Waals surface area (Å²) in [5.74, 6) is 0.906. The summed E-state index contributed by atoms with van der Waals surface area (Å²) in [7, 11) is 3.69. The van der Waals surface area contributed by atoms with Gasteiger partial charge in [0.05, 0.1) is 6.61 Å². The highest BCUT2D eigenvalue weighted by molar-refractivity contribution is 5.49. The Bertz CT molecular complexity index is 389. The van der Waals surface area contributed by atoms with Crippen molar-refractivity contribution in [3.63, 3.8) is 0 Å². The van der Waals surface area contributed by atoms with Gasteiger partial charge >= 0.3 is 0 Å². The number of methoxy groups -OCH3 is 1. The maximum Gasteiger partial charge on any atom is 0.119 e. The zero-order valence-electron chi connectivity index (χ0n) is 13.2. The summed E-state index contributed by atoms with van der Waals surface area (Å²) in [6.07, 6.45) is 0. The van der Waals surface area contributed by atoms with Crippen molar-refractivity contribution in [3.8, 4) is 5.75 Å². The maximum absolute atomic E-state index is 5.59. The molecule has 2 rings (SSSR count). The lowest BCUT2D eigenvalue weighted by Gasteiger charge is -2.36. The Morgan fingerprint density at radius 2 is 1.76 bits per heavy atom. The summed E-state index contributed by atoms with van der Waals surface area (Å²) in [5.41, 5.74) is 1.28. The van der Waals surface area contributed by atoms with Gasteiger partial charge in [0, 0.05) is 52.1 Å². The molecule has 118 valence electrons. The van der Waals surface area contributed by atoms with Gasteiger partial charge in [-0.05, 0) is 31.3 Å². The molecule has 1 aliphatic rings. The minimum absolute atomic E-state index is 0.597. The fourth-order valence-corrected chi connectivity index (χ4v) is 2.50. The van der Waals surface area contributed by atoms with E-state index in [1.165, 1.54) is 5.69 Å². The molecule has 0 spiro atoms. The predicted octanol–water partition coefficient (Wildman–Crippen LogP) is 1.05. The van der Waals surface area contributed by atoms with Crippen LogP contribution < -0.4 is 15.0 Å². The Morgan fingerprint density at radius 3 is 2.38 bits per heavy atom. The molecule has 0 unspecified atom stereocenters. The van der Waals surface area contributed by atoms with Crippen molar-refractivity contribution < 1.29 is 9.47 Å². The van der Waals surface area contributed by atoms with E-state index < -0.39 is 0 Å². The van der Waals surface area contributed by atoms with Crippen LogP contribution in [0.3, 0.4) is 0 Å². The first-order valence-corrected chi connectivity index (χ1v) is 7.67. The van der Waals surface area contributed by atoms with Crippen LogP contribution in [0.15, 0.2) is 24.3 Å². The van der Waals surface area contributed by atoms with Crippen LogP contribution in [0.5, 0.6) is 5.75 Å². The Morgan fingerprint density at radius 1 is 1.05 bits per heavy atom. The summed E-state index contributed by atoms with van der Waals surface area (Å²) in [5, 5.41) is 3.21. The van der Waals surface area contributed by atoms with Gasteiger partial charge in [-0.1, -0.05) is 0 Å². The van der Waals surface area contributed by atoms with Crippen LogP contribution in [0.4, 0.5) is 5.69 Å². The summed E-state index contributed by atoms with van der Waals surface area (Å²) in [6, 6.07) is 8.37. The van der Waals surface area contributed by atoms with Crippen LogP contribution in [0.25, 0.3) is 0 Å². The third-order valence-corrected chi connectivity index (χ3v) is 3.81. The lowest BCUT2D eigenvalue weighted by atomic mass is 10.2. The van der Waals surface area contributed by atoms with Gasteiger partial charge in [0.2, 0.25) is 0 Å². The van der Waals surface area contributed by atoms with Gasteiger partial charge in [-0.15, -0.1) is 0 Å². The van der Waals surface area contributed by atoms with E-state index in [0.717, 1.165) is 45.0 Å². The molecule has 0 aromatic heterocycles. The smallest absolute Gasteiger partial charge is 0.119 e. The molecule has 5 heteroatoms. The van der Waals surface area contributed by atoms with Crippen molar-refractivity contribution >= 4 is 5.69 Å². The van der Waals surface area contributed by atoms with Gasteiger partial charge in [-0.2, -0.15) is 0 Å². The van der Waals surface area contributed by atoms with Gasteiger partial charge < -0.3 is 19.7 Å². The molecular weight excluding hydrogens is 266 g/mol. The molecule has 1 N–H and O–H groups in total. The summed E-state index contributed by atoms with van der Waals surface area (Å²) >= 11 is 0. The molecule has 1 fully saturated rings. The highest BCUT2D eigenvalue weighted by Crippen LogP contribution is 2.20. The molecule has 1 aliphatic heterocycles. The first-order chi connectivity index (χ1) is 10.3. The molecule has 5 nitrogen and oxygen atoms in total. The SMILES string of the molecule is CNCCN1CCN(c2ccc(OCCOC)cc2)CC1. The van der Waals surface area contributed by atoms with Crippen molar-refractivity contribution in [1.29, 1.82) is 0 Å². The van der Waals surface area contributed by atoms with Crippen molar-refractivity contribution in [2.75, 3.05) is 71.5 Å². The fraction of sp³-hybridized carbons (Fsp3) is 0.625. The Hall–Kier alpha value is -1.30.